The Balaban J connectivity index is 3.29. The van der Waals surface area contributed by atoms with Crippen molar-refractivity contribution in [2.24, 2.45) is 0 Å². The van der Waals surface area contributed by atoms with E-state index in [-0.39, 0.29) is 5.69 Å². The van der Waals surface area contributed by atoms with Crippen LogP contribution >= 0.6 is 0 Å². The van der Waals surface area contributed by atoms with Gasteiger partial charge in [-0.2, -0.15) is 5.26 Å². The van der Waals surface area contributed by atoms with Crippen LogP contribution in [-0.2, 0) is 0 Å². The topological polar surface area (TPSA) is 74.0 Å². The van der Waals surface area contributed by atoms with Crippen LogP contribution in [0.3, 0.4) is 0 Å². The van der Waals surface area contributed by atoms with Gasteiger partial charge in [-0.1, -0.05) is 0 Å². The van der Waals surface area contributed by atoms with Gasteiger partial charge in [0, 0.05) is 12.1 Å². The highest BCUT2D eigenvalue weighted by Crippen LogP contribution is 2.08. The number of pyridine rings is 1. The smallest absolute Gasteiger partial charge is 0.338 e. The molecule has 5 heteroatoms. The molecule has 1 heterocycles. The second-order valence-corrected chi connectivity index (χ2v) is 2.19. The number of carbonyl (C=O) groups is 1. The number of aromatic nitrogens is 1. The summed E-state index contributed by atoms with van der Waals surface area (Å²) in [5.74, 6) is 1.61. The van der Waals surface area contributed by atoms with E-state index >= 15 is 0 Å². The van der Waals surface area contributed by atoms with Crippen LogP contribution in [0.4, 0.5) is 4.39 Å². The number of rotatable bonds is 1. The van der Waals surface area contributed by atoms with Crippen molar-refractivity contribution >= 4 is 5.97 Å². The molecule has 1 rings (SSSR count). The third kappa shape index (κ3) is 1.85. The van der Waals surface area contributed by atoms with E-state index in [9.17, 15) is 9.18 Å². The molecule has 0 atom stereocenters. The summed E-state index contributed by atoms with van der Waals surface area (Å²) in [6.45, 7) is 0. The molecular weight excluding hydrogens is 187 g/mol. The third-order valence-corrected chi connectivity index (χ3v) is 1.36. The normalized spacial score (nSPS) is 8.29. The quantitative estimate of drug-likeness (QED) is 0.664. The first-order valence-corrected chi connectivity index (χ1v) is 3.44. The maximum absolute atomic E-state index is 13.2. The largest absolute Gasteiger partial charge is 0.478 e. The van der Waals surface area contributed by atoms with Gasteiger partial charge in [-0.3, -0.25) is 0 Å². The zero-order chi connectivity index (χ0) is 10.6. The van der Waals surface area contributed by atoms with Gasteiger partial charge in [-0.15, -0.1) is 0 Å². The first-order chi connectivity index (χ1) is 6.66. The lowest BCUT2D eigenvalue weighted by Crippen LogP contribution is -2.03. The molecule has 0 fully saturated rings. The Kier molecular flexibility index (Phi) is 2.78. The molecule has 1 aromatic heterocycles. The SMILES string of the molecule is N#CC#Cc1nccc(C(=O)O)c1F. The summed E-state index contributed by atoms with van der Waals surface area (Å²) in [7, 11) is 0. The second kappa shape index (κ2) is 4.01. The van der Waals surface area contributed by atoms with Crippen LogP contribution in [-0.4, -0.2) is 16.1 Å². The number of hydrogen-bond donors (Lipinski definition) is 1. The molecule has 68 valence electrons. The molecule has 0 saturated heterocycles. The first kappa shape index (κ1) is 9.69. The Morgan fingerprint density at radius 1 is 1.64 bits per heavy atom. The highest BCUT2D eigenvalue weighted by molar-refractivity contribution is 5.88. The van der Waals surface area contributed by atoms with Crippen LogP contribution in [0.2, 0.25) is 0 Å². The lowest BCUT2D eigenvalue weighted by atomic mass is 10.2. The molecule has 4 nitrogen and oxygen atoms in total. The van der Waals surface area contributed by atoms with Crippen molar-refractivity contribution < 1.29 is 14.3 Å². The lowest BCUT2D eigenvalue weighted by Gasteiger charge is -1.97. The molecule has 14 heavy (non-hydrogen) atoms. The van der Waals surface area contributed by atoms with Crippen molar-refractivity contribution in [1.29, 1.82) is 5.26 Å². The average Bonchev–Trinajstić information content (AvgIpc) is 2.16. The van der Waals surface area contributed by atoms with Crippen LogP contribution in [0.15, 0.2) is 12.3 Å². The fraction of sp³-hybridized carbons (Fsp3) is 0. The highest BCUT2D eigenvalue weighted by Gasteiger charge is 2.13. The summed E-state index contributed by atoms with van der Waals surface area (Å²) in [5, 5.41) is 16.6. The van der Waals surface area contributed by atoms with E-state index in [0.717, 1.165) is 12.3 Å². The first-order valence-electron chi connectivity index (χ1n) is 3.44. The molecule has 0 spiro atoms. The predicted octanol–water partition coefficient (Wildman–Crippen LogP) is 0.794. The second-order valence-electron chi connectivity index (χ2n) is 2.19. The molecule has 0 saturated carbocycles. The van der Waals surface area contributed by atoms with E-state index < -0.39 is 17.3 Å². The Morgan fingerprint density at radius 2 is 2.36 bits per heavy atom. The maximum Gasteiger partial charge on any atom is 0.338 e. The number of halogens is 1. The summed E-state index contributed by atoms with van der Waals surface area (Å²) < 4.78 is 13.2. The van der Waals surface area contributed by atoms with Crippen molar-refractivity contribution in [2.75, 3.05) is 0 Å². The number of carboxylic acids is 1. The van der Waals surface area contributed by atoms with Crippen molar-refractivity contribution in [2.45, 2.75) is 0 Å². The van der Waals surface area contributed by atoms with Crippen LogP contribution in [0.25, 0.3) is 0 Å². The van der Waals surface area contributed by atoms with Crippen LogP contribution in [0.1, 0.15) is 16.1 Å². The van der Waals surface area contributed by atoms with Gasteiger partial charge in [-0.05, 0) is 12.0 Å². The molecule has 0 amide bonds. The monoisotopic (exact) mass is 190 g/mol. The van der Waals surface area contributed by atoms with Crippen LogP contribution < -0.4 is 0 Å². The van der Waals surface area contributed by atoms with Gasteiger partial charge in [-0.25, -0.2) is 14.2 Å². The summed E-state index contributed by atoms with van der Waals surface area (Å²) in [6, 6.07) is 2.50. The zero-order valence-electron chi connectivity index (χ0n) is 6.78. The molecule has 0 bridgehead atoms. The van der Waals surface area contributed by atoms with Gasteiger partial charge in [0.2, 0.25) is 0 Å². The van der Waals surface area contributed by atoms with Gasteiger partial charge < -0.3 is 5.11 Å². The van der Waals surface area contributed by atoms with Gasteiger partial charge >= 0.3 is 5.97 Å². The van der Waals surface area contributed by atoms with Crippen LogP contribution in [0.5, 0.6) is 0 Å². The summed E-state index contributed by atoms with van der Waals surface area (Å²) in [6.07, 6.45) is 1.12. The van der Waals surface area contributed by atoms with Crippen molar-refractivity contribution in [1.82, 2.24) is 4.98 Å². The molecular formula is C9H3FN2O2. The molecule has 0 aromatic carbocycles. The molecule has 0 unspecified atom stereocenters. The number of nitriles is 1. The molecule has 0 aliphatic rings. The van der Waals surface area contributed by atoms with E-state index in [1.165, 1.54) is 6.07 Å². The molecule has 0 radical (unpaired) electrons. The zero-order valence-corrected chi connectivity index (χ0v) is 6.78. The average molecular weight is 190 g/mol. The fourth-order valence-corrected chi connectivity index (χ4v) is 0.783. The van der Waals surface area contributed by atoms with Crippen molar-refractivity contribution in [3.63, 3.8) is 0 Å². The van der Waals surface area contributed by atoms with Crippen LogP contribution in [0, 0.1) is 29.0 Å². The van der Waals surface area contributed by atoms with E-state index in [1.807, 2.05) is 5.92 Å². The van der Waals surface area contributed by atoms with Gasteiger partial charge in [0.25, 0.3) is 0 Å². The van der Waals surface area contributed by atoms with Crippen molar-refractivity contribution in [3.05, 3.63) is 29.3 Å². The molecule has 1 aromatic rings. The van der Waals surface area contributed by atoms with E-state index in [0.29, 0.717) is 0 Å². The Hall–Kier alpha value is -2.40. The minimum atomic E-state index is -1.40. The Morgan fingerprint density at radius 3 is 2.93 bits per heavy atom. The van der Waals surface area contributed by atoms with E-state index in [1.54, 1.807) is 0 Å². The fourth-order valence-electron chi connectivity index (χ4n) is 0.783. The standard InChI is InChI=1S/C9H3FN2O2/c10-8-6(9(13)14)3-5-12-7(8)2-1-4-11/h3,5H,(H,13,14). The number of carboxylic acid groups (broad SMARTS) is 1. The molecule has 0 aliphatic heterocycles. The Labute approximate surface area is 78.6 Å². The minimum Gasteiger partial charge on any atom is -0.478 e. The van der Waals surface area contributed by atoms with E-state index in [2.05, 4.69) is 10.9 Å². The molecule has 0 aliphatic carbocycles. The van der Waals surface area contributed by atoms with Gasteiger partial charge in [0.15, 0.2) is 17.6 Å². The highest BCUT2D eigenvalue weighted by atomic mass is 19.1. The lowest BCUT2D eigenvalue weighted by molar-refractivity contribution is 0.0691. The van der Waals surface area contributed by atoms with E-state index in [4.69, 9.17) is 10.4 Å². The molecule has 1 N–H and O–H groups in total. The third-order valence-electron chi connectivity index (χ3n) is 1.36. The number of hydrogen-bond acceptors (Lipinski definition) is 3. The minimum absolute atomic E-state index is 0.341. The number of nitrogens with zero attached hydrogens (tertiary/aromatic N) is 2. The van der Waals surface area contributed by atoms with Gasteiger partial charge in [0.05, 0.1) is 5.56 Å². The van der Waals surface area contributed by atoms with Crippen molar-refractivity contribution in [3.8, 4) is 17.9 Å². The Bertz CT molecular complexity index is 480. The summed E-state index contributed by atoms with van der Waals surface area (Å²) >= 11 is 0. The summed E-state index contributed by atoms with van der Waals surface area (Å²) in [5.41, 5.74) is -0.853. The van der Waals surface area contributed by atoms with Gasteiger partial charge in [0.1, 0.15) is 0 Å². The summed E-state index contributed by atoms with van der Waals surface area (Å²) in [4.78, 5) is 14.0. The maximum atomic E-state index is 13.2. The predicted molar refractivity (Wildman–Crippen MR) is 43.6 cm³/mol. The number of aromatic carboxylic acids is 1.